The molecule has 6 rings (SSSR count). The quantitative estimate of drug-likeness (QED) is 0.0159. The average molecular weight is 1990 g/mol. The van der Waals surface area contributed by atoms with Crippen molar-refractivity contribution in [1.82, 2.24) is 5.32 Å². The monoisotopic (exact) mass is 1990 g/mol. The molecule has 6 aromatic carbocycles. The molecule has 1 amide bonds. The first-order valence-electron chi connectivity index (χ1n) is 47.3. The first-order valence-corrected chi connectivity index (χ1v) is 49.9. The molecule has 16 nitrogen and oxygen atoms in total. The van der Waals surface area contributed by atoms with Crippen molar-refractivity contribution in [3.63, 3.8) is 0 Å². The lowest BCUT2D eigenvalue weighted by Crippen LogP contribution is -2.20. The van der Waals surface area contributed by atoms with E-state index in [4.69, 9.17) is 90.4 Å². The number of alkyl halides is 3. The van der Waals surface area contributed by atoms with Gasteiger partial charge >= 0.3 is 0 Å². The lowest BCUT2D eigenvalue weighted by atomic mass is 9.94. The number of nitrogens with zero attached hydrogens (tertiary/aromatic N) is 1. The van der Waals surface area contributed by atoms with Crippen LogP contribution in [0.2, 0.25) is 0 Å². The van der Waals surface area contributed by atoms with E-state index in [2.05, 4.69) is 237 Å². The fourth-order valence-electron chi connectivity index (χ4n) is 17.1. The zero-order valence-corrected chi connectivity index (χ0v) is 93.1. The number of nitrogens with one attached hydrogen (secondary N) is 1. The molecule has 0 saturated heterocycles. The number of hydrogen-bond donors (Lipinski definition) is 2. The number of carbonyl (C=O) groups excluding carboxylic acids is 1. The summed E-state index contributed by atoms with van der Waals surface area (Å²) in [5.41, 5.74) is 36.3. The predicted molar refractivity (Wildman–Crippen MR) is 573 cm³/mol. The van der Waals surface area contributed by atoms with Crippen molar-refractivity contribution >= 4 is 51.7 Å². The van der Waals surface area contributed by atoms with E-state index in [1.54, 1.807) is 92.2 Å². The molecule has 0 bridgehead atoms. The molecule has 19 heteroatoms. The molecule has 0 fully saturated rings. The Morgan fingerprint density at radius 1 is 0.286 bits per heavy atom. The number of halogens is 3. The van der Waals surface area contributed by atoms with Crippen LogP contribution in [0.25, 0.3) is 0 Å². The summed E-state index contributed by atoms with van der Waals surface area (Å²) in [7, 11) is 20.8. The number of aliphatic hydroxyl groups excluding tert-OH is 1. The topological polar surface area (TPSA) is 184 Å². The normalized spacial score (nSPS) is 11.5. The third-order valence-electron chi connectivity index (χ3n) is 25.8. The zero-order valence-electron chi connectivity index (χ0n) is 89.4. The maximum Gasteiger partial charge on any atom is 0.216 e. The summed E-state index contributed by atoms with van der Waals surface area (Å²) in [6, 6.07) is 2.19. The number of unbranched alkanes of at least 4 members (excludes halogenated alkanes) is 4. The summed E-state index contributed by atoms with van der Waals surface area (Å²) >= 11 is 13.9. The van der Waals surface area contributed by atoms with Gasteiger partial charge in [0.05, 0.1) is 91.4 Å². The highest BCUT2D eigenvalue weighted by atomic mass is 127. The van der Waals surface area contributed by atoms with Gasteiger partial charge in [0.1, 0.15) is 69.0 Å². The lowest BCUT2D eigenvalue weighted by molar-refractivity contribution is -0.118. The number of hydrogen-bond acceptors (Lipinski definition) is 15. The highest BCUT2D eigenvalue weighted by Gasteiger charge is 2.25. The molecule has 0 heterocycles. The van der Waals surface area contributed by atoms with Crippen LogP contribution in [0.15, 0.2) is 69.9 Å². The molecule has 2 N–H and O–H groups in total. The van der Waals surface area contributed by atoms with Gasteiger partial charge < -0.3 is 67.3 Å². The van der Waals surface area contributed by atoms with Crippen molar-refractivity contribution in [2.45, 2.75) is 314 Å². The van der Waals surface area contributed by atoms with Crippen molar-refractivity contribution in [2.75, 3.05) is 115 Å². The summed E-state index contributed by atoms with van der Waals surface area (Å²) in [5.74, 6) is 13.1. The Hall–Kier alpha value is -8.41. The van der Waals surface area contributed by atoms with Crippen LogP contribution in [0.1, 0.15) is 285 Å². The summed E-state index contributed by atoms with van der Waals surface area (Å²) in [5, 5.41) is 20.3. The standard InChI is InChI=1S/C21H33NO3.C19H29ClO2.C19H27NO2.C19H30O3.C18H27ClO2.C18H27IO2/c1-14(10-8-9-13-22-18(5)23)11-12-19-17(4)20(24-6)15(2)16(3)21(19)25-7;3*1-13(9-7-8-12-20)10-11-17-16(4)18(21-5)14(2)15(3)19(17)22-6;2*1-12(8-7-11-19)9-10-16-15(4)17(20-5)13(2)14(3)18(16)21-6/h11H,8-10,12-13H2,1-7H3,(H,22,23);10H,7-9,11-12H2,1-6H3;10H,7-9,11H2,1-6H3;10,20H,7-9,11-12H2,1-6H3;2*9H,7-8,10-11H2,1-6H3/b14-11+;3*13-10+;2*12-9+. The van der Waals surface area contributed by atoms with E-state index in [0.29, 0.717) is 12.3 Å². The molecule has 0 aliphatic carbocycles. The van der Waals surface area contributed by atoms with Crippen molar-refractivity contribution < 1.29 is 66.7 Å². The van der Waals surface area contributed by atoms with Gasteiger partial charge in [-0.25, -0.2) is 0 Å². The second-order valence-electron chi connectivity index (χ2n) is 34.9. The van der Waals surface area contributed by atoms with Gasteiger partial charge in [-0.15, -0.1) is 23.2 Å². The maximum absolute atomic E-state index is 10.9. The molecule has 0 atom stereocenters. The van der Waals surface area contributed by atoms with Crippen LogP contribution >= 0.6 is 45.8 Å². The number of aliphatic hydroxyl groups is 1. The largest absolute Gasteiger partial charge is 0.496 e. The Morgan fingerprint density at radius 2 is 0.474 bits per heavy atom. The molecule has 0 radical (unpaired) electrons. The van der Waals surface area contributed by atoms with Crippen LogP contribution in [0, 0.1) is 136 Å². The fraction of sp³-hybridized carbons (Fsp3) is 0.561. The molecular formula is C114H173Cl2IN2O14. The van der Waals surface area contributed by atoms with Crippen molar-refractivity contribution in [1.29, 1.82) is 5.26 Å². The van der Waals surface area contributed by atoms with Gasteiger partial charge in [-0.05, 0) is 406 Å². The minimum atomic E-state index is 0.0403. The van der Waals surface area contributed by atoms with Gasteiger partial charge in [0.15, 0.2) is 0 Å². The van der Waals surface area contributed by atoms with Gasteiger partial charge in [-0.3, -0.25) is 4.79 Å². The van der Waals surface area contributed by atoms with Crippen LogP contribution in [0.5, 0.6) is 69.0 Å². The van der Waals surface area contributed by atoms with Gasteiger partial charge in [-0.1, -0.05) is 92.5 Å². The summed E-state index contributed by atoms with van der Waals surface area (Å²) < 4.78 is 68.7. The smallest absolute Gasteiger partial charge is 0.216 e. The van der Waals surface area contributed by atoms with Gasteiger partial charge in [0.25, 0.3) is 0 Å². The number of carbonyl (C=O) groups is 1. The van der Waals surface area contributed by atoms with Gasteiger partial charge in [-0.2, -0.15) is 5.26 Å². The number of allylic oxidation sites excluding steroid dienone is 12. The van der Waals surface area contributed by atoms with E-state index in [1.165, 1.54) is 112 Å². The first kappa shape index (κ1) is 123. The van der Waals surface area contributed by atoms with Crippen molar-refractivity contribution in [3.8, 4) is 75.1 Å². The molecule has 6 aromatic rings. The van der Waals surface area contributed by atoms with Crippen molar-refractivity contribution in [2.24, 2.45) is 0 Å². The van der Waals surface area contributed by atoms with Crippen molar-refractivity contribution in [3.05, 3.63) is 203 Å². The number of amides is 1. The fourth-order valence-corrected chi connectivity index (χ4v) is 17.8. The molecule has 744 valence electrons. The second kappa shape index (κ2) is 66.1. The third-order valence-corrected chi connectivity index (χ3v) is 27.1. The Balaban J connectivity index is 0.000000799. The summed E-state index contributed by atoms with van der Waals surface area (Å²) in [6.07, 6.45) is 35.2. The second-order valence-corrected chi connectivity index (χ2v) is 36.7. The summed E-state index contributed by atoms with van der Waals surface area (Å²) in [6.45, 7) is 53.2. The summed E-state index contributed by atoms with van der Waals surface area (Å²) in [4.78, 5) is 10.9. The SMILES string of the molecule is COc1c(C)c(C)c(OC)c(C/C=C(\C)CCCC#N)c1C.COc1c(C)c(C)c(OC)c(C/C=C(\C)CCCCCl)c1C.COc1c(C)c(C)c(OC)c(C/C=C(\C)CCCCNC(C)=O)c1C.COc1c(C)c(C)c(OC)c(C/C=C(\C)CCCCO)c1C.COc1c(C)c(C)c(OC)c(C/C=C(\C)CCCCl)c1C.COc1c(C)c(C)c(OC)c(C/C=C(\C)CCCI)c1C. The van der Waals surface area contributed by atoms with Crippen LogP contribution in [0.4, 0.5) is 0 Å². The van der Waals surface area contributed by atoms with Gasteiger partial charge in [0.2, 0.25) is 5.91 Å². The minimum absolute atomic E-state index is 0.0403. The number of rotatable bonds is 46. The molecule has 133 heavy (non-hydrogen) atoms. The number of nitriles is 1. The zero-order chi connectivity index (χ0) is 101. The Bertz CT molecular complexity index is 4710. The van der Waals surface area contributed by atoms with E-state index in [1.807, 2.05) is 0 Å². The van der Waals surface area contributed by atoms with E-state index in [-0.39, 0.29) is 12.5 Å². The Kier molecular flexibility index (Phi) is 61.0. The number of benzene rings is 6. The van der Waals surface area contributed by atoms with Gasteiger partial charge in [0, 0.05) is 71.6 Å². The molecule has 0 aliphatic rings. The Labute approximate surface area is 830 Å². The number of ether oxygens (including phenoxy) is 12. The van der Waals surface area contributed by atoms with E-state index < -0.39 is 0 Å². The molecule has 0 aromatic heterocycles. The van der Waals surface area contributed by atoms with Crippen LogP contribution < -0.4 is 62.2 Å². The van der Waals surface area contributed by atoms with Crippen LogP contribution in [-0.2, 0) is 43.3 Å². The Morgan fingerprint density at radius 3 is 0.662 bits per heavy atom. The maximum atomic E-state index is 10.9. The molecule has 0 spiro atoms. The predicted octanol–water partition coefficient (Wildman–Crippen LogP) is 29.5. The highest BCUT2D eigenvalue weighted by Crippen LogP contribution is 2.45. The molecule has 0 unspecified atom stereocenters. The van der Waals surface area contributed by atoms with Crippen LogP contribution in [0.3, 0.4) is 0 Å². The minimum Gasteiger partial charge on any atom is -0.496 e. The van der Waals surface area contributed by atoms with Crippen LogP contribution in [-0.4, -0.2) is 126 Å². The lowest BCUT2D eigenvalue weighted by Gasteiger charge is -2.20. The molecular weight excluding hydrogens is 1820 g/mol. The molecule has 0 aliphatic heterocycles. The number of methoxy groups -OCH3 is 12. The van der Waals surface area contributed by atoms with E-state index >= 15 is 0 Å². The average Bonchev–Trinajstić information content (AvgIpc) is 0.821. The van der Waals surface area contributed by atoms with E-state index in [9.17, 15) is 4.79 Å². The highest BCUT2D eigenvalue weighted by molar-refractivity contribution is 14.1. The first-order chi connectivity index (χ1) is 63.2. The molecule has 0 saturated carbocycles. The van der Waals surface area contributed by atoms with E-state index in [0.717, 1.165) is 276 Å². The third kappa shape index (κ3) is 37.5.